The van der Waals surface area contributed by atoms with Crippen LogP contribution in [-0.2, 0) is 12.6 Å². The summed E-state index contributed by atoms with van der Waals surface area (Å²) in [5.74, 6) is 1.58. The molecule has 1 aromatic carbocycles. The first-order valence-corrected chi connectivity index (χ1v) is 10.3. The number of halogens is 4. The molecular weight excluding hydrogens is 532 g/mol. The molecule has 6 nitrogen and oxygen atoms in total. The van der Waals surface area contributed by atoms with Crippen LogP contribution in [0.3, 0.4) is 0 Å². The summed E-state index contributed by atoms with van der Waals surface area (Å²) in [5, 5.41) is 14.8. The average Bonchev–Trinajstić information content (AvgIpc) is 3.18. The van der Waals surface area contributed by atoms with E-state index in [0.29, 0.717) is 31.0 Å². The Labute approximate surface area is 202 Å². The van der Waals surface area contributed by atoms with Crippen LogP contribution in [0.4, 0.5) is 13.2 Å². The molecule has 0 spiro atoms. The van der Waals surface area contributed by atoms with Gasteiger partial charge in [-0.05, 0) is 42.5 Å². The van der Waals surface area contributed by atoms with E-state index >= 15 is 0 Å². The van der Waals surface area contributed by atoms with Crippen LogP contribution in [0.2, 0.25) is 0 Å². The van der Waals surface area contributed by atoms with Crippen molar-refractivity contribution in [3.05, 3.63) is 65.6 Å². The van der Waals surface area contributed by atoms with Gasteiger partial charge in [-0.2, -0.15) is 13.2 Å². The molecule has 3 aromatic rings. The fourth-order valence-electron chi connectivity index (χ4n) is 3.33. The number of alkyl halides is 3. The molecule has 1 atom stereocenters. The largest absolute Gasteiger partial charge is 0.416 e. The Morgan fingerprint density at radius 1 is 1.09 bits per heavy atom. The maximum Gasteiger partial charge on any atom is 0.416 e. The molecule has 3 rings (SSSR count). The zero-order valence-electron chi connectivity index (χ0n) is 18.1. The van der Waals surface area contributed by atoms with E-state index < -0.39 is 11.7 Å². The predicted octanol–water partition coefficient (Wildman–Crippen LogP) is 4.66. The lowest BCUT2D eigenvalue weighted by Crippen LogP contribution is -2.38. The number of guanidine groups is 1. The Morgan fingerprint density at radius 2 is 1.88 bits per heavy atom. The molecule has 2 aromatic heterocycles. The van der Waals surface area contributed by atoms with Crippen molar-refractivity contribution in [1.29, 1.82) is 0 Å². The number of hydrogen-bond donors (Lipinski definition) is 2. The van der Waals surface area contributed by atoms with Crippen molar-refractivity contribution >= 4 is 35.6 Å². The minimum Gasteiger partial charge on any atom is -0.356 e. The lowest BCUT2D eigenvalue weighted by molar-refractivity contribution is -0.137. The monoisotopic (exact) mass is 560 g/mol. The molecule has 0 amide bonds. The Hall–Kier alpha value is -2.37. The van der Waals surface area contributed by atoms with Crippen molar-refractivity contribution < 1.29 is 13.2 Å². The second-order valence-corrected chi connectivity index (χ2v) is 7.39. The van der Waals surface area contributed by atoms with Crippen LogP contribution in [0.25, 0.3) is 5.65 Å². The zero-order chi connectivity index (χ0) is 22.3. The first-order valence-electron chi connectivity index (χ1n) is 10.3. The van der Waals surface area contributed by atoms with E-state index in [9.17, 15) is 13.2 Å². The van der Waals surface area contributed by atoms with Gasteiger partial charge in [0.05, 0.1) is 5.56 Å². The van der Waals surface area contributed by atoms with Crippen molar-refractivity contribution in [2.45, 2.75) is 38.3 Å². The molecule has 0 bridgehead atoms. The van der Waals surface area contributed by atoms with E-state index in [1.54, 1.807) is 13.1 Å². The van der Waals surface area contributed by atoms with Gasteiger partial charge >= 0.3 is 6.18 Å². The highest BCUT2D eigenvalue weighted by Gasteiger charge is 2.30. The highest BCUT2D eigenvalue weighted by atomic mass is 127. The molecule has 0 aliphatic heterocycles. The molecule has 1 unspecified atom stereocenters. The summed E-state index contributed by atoms with van der Waals surface area (Å²) in [6, 6.07) is 11.3. The Bertz CT molecular complexity index is 1020. The number of hydrogen-bond acceptors (Lipinski definition) is 3. The third-order valence-corrected chi connectivity index (χ3v) is 5.13. The predicted molar refractivity (Wildman–Crippen MR) is 131 cm³/mol. The number of aliphatic imine (C=N–C) groups is 1. The van der Waals surface area contributed by atoms with Crippen molar-refractivity contribution in [1.82, 2.24) is 25.2 Å². The molecule has 2 N–H and O–H groups in total. The summed E-state index contributed by atoms with van der Waals surface area (Å²) in [7, 11) is 1.69. The number of pyridine rings is 1. The maximum atomic E-state index is 12.9. The van der Waals surface area contributed by atoms with Crippen molar-refractivity contribution in [2.24, 2.45) is 4.99 Å². The fourth-order valence-corrected chi connectivity index (χ4v) is 3.33. The normalized spacial score (nSPS) is 13.0. The van der Waals surface area contributed by atoms with Crippen molar-refractivity contribution in [2.75, 3.05) is 20.1 Å². The molecule has 0 aliphatic carbocycles. The second-order valence-electron chi connectivity index (χ2n) is 7.39. The number of rotatable bonds is 8. The summed E-state index contributed by atoms with van der Waals surface area (Å²) in [4.78, 5) is 4.20. The standard InChI is InChI=1S/C22H27F3N6.HI/c1-16(17-7-5-8-18(15-17)22(23,24)25)11-13-28-21(26-2)27-12-6-10-20-30-29-19-9-3-4-14-31(19)20;/h3-5,7-9,14-16H,6,10-13H2,1-2H3,(H2,26,27,28);1H. The van der Waals surface area contributed by atoms with Crippen LogP contribution in [0, 0.1) is 0 Å². The first kappa shape index (κ1) is 25.9. The van der Waals surface area contributed by atoms with Gasteiger partial charge in [0.2, 0.25) is 0 Å². The lowest BCUT2D eigenvalue weighted by Gasteiger charge is -2.16. The summed E-state index contributed by atoms with van der Waals surface area (Å²) in [6.07, 6.45) is -0.0463. The molecule has 174 valence electrons. The van der Waals surface area contributed by atoms with Crippen LogP contribution in [-0.4, -0.2) is 40.7 Å². The van der Waals surface area contributed by atoms with Gasteiger partial charge in [-0.1, -0.05) is 31.2 Å². The molecule has 0 radical (unpaired) electrons. The third kappa shape index (κ3) is 7.07. The quantitative estimate of drug-likeness (QED) is 0.182. The zero-order valence-corrected chi connectivity index (χ0v) is 20.4. The van der Waals surface area contributed by atoms with Crippen LogP contribution in [0.5, 0.6) is 0 Å². The van der Waals surface area contributed by atoms with Gasteiger partial charge < -0.3 is 10.6 Å². The molecular formula is C22H28F3IN6. The van der Waals surface area contributed by atoms with Crippen LogP contribution < -0.4 is 10.6 Å². The minimum absolute atomic E-state index is 0. The Balaban J connectivity index is 0.00000363. The molecule has 0 fully saturated rings. The van der Waals surface area contributed by atoms with Gasteiger partial charge in [0.15, 0.2) is 11.6 Å². The number of aryl methyl sites for hydroxylation is 1. The first-order chi connectivity index (χ1) is 14.9. The summed E-state index contributed by atoms with van der Waals surface area (Å²) in [6.45, 7) is 3.24. The van der Waals surface area contributed by atoms with Crippen LogP contribution in [0.1, 0.15) is 42.6 Å². The average molecular weight is 560 g/mol. The number of fused-ring (bicyclic) bond motifs is 1. The number of aromatic nitrogens is 3. The van der Waals surface area contributed by atoms with Gasteiger partial charge in [0, 0.05) is 32.8 Å². The van der Waals surface area contributed by atoms with Crippen molar-refractivity contribution in [3.63, 3.8) is 0 Å². The van der Waals surface area contributed by atoms with E-state index in [0.717, 1.165) is 30.4 Å². The second kappa shape index (κ2) is 12.0. The SMILES string of the molecule is CN=C(NCCCc1nnc2ccccn12)NCCC(C)c1cccc(C(F)(F)F)c1.I. The van der Waals surface area contributed by atoms with Crippen molar-refractivity contribution in [3.8, 4) is 0 Å². The Kier molecular flexibility index (Phi) is 9.73. The molecule has 0 saturated carbocycles. The molecule has 0 saturated heterocycles. The van der Waals surface area contributed by atoms with E-state index in [1.165, 1.54) is 12.1 Å². The smallest absolute Gasteiger partial charge is 0.356 e. The highest BCUT2D eigenvalue weighted by molar-refractivity contribution is 14.0. The molecule has 0 aliphatic rings. The summed E-state index contributed by atoms with van der Waals surface area (Å²) >= 11 is 0. The summed E-state index contributed by atoms with van der Waals surface area (Å²) in [5.41, 5.74) is 0.903. The minimum atomic E-state index is -4.32. The lowest BCUT2D eigenvalue weighted by atomic mass is 9.96. The van der Waals surface area contributed by atoms with Gasteiger partial charge in [0.25, 0.3) is 0 Å². The van der Waals surface area contributed by atoms with Gasteiger partial charge in [-0.15, -0.1) is 34.2 Å². The molecule has 32 heavy (non-hydrogen) atoms. The van der Waals surface area contributed by atoms with Gasteiger partial charge in [-0.3, -0.25) is 9.39 Å². The van der Waals surface area contributed by atoms with E-state index in [2.05, 4.69) is 25.8 Å². The molecule has 10 heteroatoms. The highest BCUT2D eigenvalue weighted by Crippen LogP contribution is 2.31. The van der Waals surface area contributed by atoms with Crippen LogP contribution >= 0.6 is 24.0 Å². The molecule has 2 heterocycles. The van der Waals surface area contributed by atoms with Gasteiger partial charge in [-0.25, -0.2) is 0 Å². The maximum absolute atomic E-state index is 12.9. The van der Waals surface area contributed by atoms with E-state index in [4.69, 9.17) is 0 Å². The number of nitrogens with zero attached hydrogens (tertiary/aromatic N) is 4. The van der Waals surface area contributed by atoms with E-state index in [-0.39, 0.29) is 29.9 Å². The number of nitrogens with one attached hydrogen (secondary N) is 2. The topological polar surface area (TPSA) is 66.6 Å². The van der Waals surface area contributed by atoms with Gasteiger partial charge in [0.1, 0.15) is 5.82 Å². The fraction of sp³-hybridized carbons (Fsp3) is 0.409. The van der Waals surface area contributed by atoms with E-state index in [1.807, 2.05) is 35.7 Å². The Morgan fingerprint density at radius 3 is 2.62 bits per heavy atom. The number of benzene rings is 1. The summed E-state index contributed by atoms with van der Waals surface area (Å²) < 4.78 is 40.7. The third-order valence-electron chi connectivity index (χ3n) is 5.13. The van der Waals surface area contributed by atoms with Crippen LogP contribution in [0.15, 0.2) is 53.7 Å².